The molecule has 2 heterocycles. The first kappa shape index (κ1) is 13.8. The fourth-order valence-electron chi connectivity index (χ4n) is 2.47. The van der Waals surface area contributed by atoms with E-state index in [9.17, 15) is 0 Å². The molecule has 3 rings (SSSR count). The van der Waals surface area contributed by atoms with Crippen molar-refractivity contribution in [2.75, 3.05) is 45.2 Å². The molecule has 0 unspecified atom stereocenters. The maximum absolute atomic E-state index is 5.86. The van der Waals surface area contributed by atoms with Gasteiger partial charge in [0.1, 0.15) is 0 Å². The summed E-state index contributed by atoms with van der Waals surface area (Å²) in [5, 5.41) is 1.13. The van der Waals surface area contributed by atoms with Gasteiger partial charge in [0.2, 0.25) is 0 Å². The van der Waals surface area contributed by atoms with Crippen molar-refractivity contribution in [3.63, 3.8) is 0 Å². The zero-order valence-electron chi connectivity index (χ0n) is 12.1. The van der Waals surface area contributed by atoms with Gasteiger partial charge in [-0.2, -0.15) is 0 Å². The predicted molar refractivity (Wildman–Crippen MR) is 84.7 cm³/mol. The number of ether oxygens (including phenoxy) is 1. The molecule has 0 bridgehead atoms. The molecule has 0 aliphatic carbocycles. The van der Waals surface area contributed by atoms with E-state index in [1.807, 2.05) is 6.07 Å². The Labute approximate surface area is 124 Å². The molecule has 0 radical (unpaired) electrons. The number of hydrogen-bond donors (Lipinski definition) is 0. The van der Waals surface area contributed by atoms with Crippen molar-refractivity contribution in [2.45, 2.75) is 12.5 Å². The second-order valence-electron chi connectivity index (χ2n) is 5.49. The first-order valence-electron chi connectivity index (χ1n) is 7.09. The van der Waals surface area contributed by atoms with Crippen molar-refractivity contribution in [1.29, 1.82) is 0 Å². The molecular formula is C15H21N3OS. The zero-order chi connectivity index (χ0) is 13.9. The largest absolute Gasteiger partial charge is 0.374 e. The van der Waals surface area contributed by atoms with Gasteiger partial charge < -0.3 is 14.5 Å². The molecule has 1 fully saturated rings. The van der Waals surface area contributed by atoms with E-state index in [0.29, 0.717) is 6.10 Å². The Morgan fingerprint density at radius 1 is 1.40 bits per heavy atom. The molecule has 0 spiro atoms. The van der Waals surface area contributed by atoms with Crippen LogP contribution in [0.5, 0.6) is 0 Å². The van der Waals surface area contributed by atoms with Crippen LogP contribution in [0, 0.1) is 0 Å². The number of rotatable bonds is 4. The van der Waals surface area contributed by atoms with Crippen molar-refractivity contribution < 1.29 is 4.74 Å². The van der Waals surface area contributed by atoms with Crippen molar-refractivity contribution in [3.8, 4) is 0 Å². The number of hydrogen-bond acceptors (Lipinski definition) is 5. The van der Waals surface area contributed by atoms with Crippen molar-refractivity contribution in [3.05, 3.63) is 24.3 Å². The Hall–Kier alpha value is -1.17. The minimum absolute atomic E-state index is 0.318. The van der Waals surface area contributed by atoms with Crippen LogP contribution in [0.2, 0.25) is 0 Å². The number of anilines is 1. The van der Waals surface area contributed by atoms with Crippen LogP contribution in [0.15, 0.2) is 24.3 Å². The highest BCUT2D eigenvalue weighted by Crippen LogP contribution is 2.29. The highest BCUT2D eigenvalue weighted by molar-refractivity contribution is 7.22. The van der Waals surface area contributed by atoms with Crippen molar-refractivity contribution in [1.82, 2.24) is 9.88 Å². The molecule has 1 aliphatic heterocycles. The molecule has 20 heavy (non-hydrogen) atoms. The third-order valence-corrected chi connectivity index (χ3v) is 4.69. The van der Waals surface area contributed by atoms with Crippen LogP contribution in [-0.4, -0.2) is 56.3 Å². The monoisotopic (exact) mass is 291 g/mol. The van der Waals surface area contributed by atoms with Gasteiger partial charge >= 0.3 is 0 Å². The minimum Gasteiger partial charge on any atom is -0.374 e. The van der Waals surface area contributed by atoms with Crippen LogP contribution in [-0.2, 0) is 4.74 Å². The number of aromatic nitrogens is 1. The number of thiazole rings is 1. The second kappa shape index (κ2) is 6.08. The lowest BCUT2D eigenvalue weighted by atomic mass is 10.2. The highest BCUT2D eigenvalue weighted by Gasteiger charge is 2.22. The first-order chi connectivity index (χ1) is 9.72. The summed E-state index contributed by atoms with van der Waals surface area (Å²) in [5.74, 6) is 0. The minimum atomic E-state index is 0.318. The number of fused-ring (bicyclic) bond motifs is 1. The smallest absolute Gasteiger partial charge is 0.186 e. The molecule has 1 aromatic heterocycles. The normalized spacial score (nSPS) is 19.9. The molecule has 0 N–H and O–H groups in total. The molecule has 5 heteroatoms. The van der Waals surface area contributed by atoms with Crippen LogP contribution in [0.4, 0.5) is 5.13 Å². The quantitative estimate of drug-likeness (QED) is 0.865. The Kier molecular flexibility index (Phi) is 4.19. The molecule has 1 atom stereocenters. The average molecular weight is 291 g/mol. The Bertz CT molecular complexity index is 536. The summed E-state index contributed by atoms with van der Waals surface area (Å²) in [5.41, 5.74) is 1.10. The first-order valence-corrected chi connectivity index (χ1v) is 7.91. The predicted octanol–water partition coefficient (Wildman–Crippen LogP) is 2.45. The molecule has 1 aromatic carbocycles. The molecular weight excluding hydrogens is 270 g/mol. The highest BCUT2D eigenvalue weighted by atomic mass is 32.1. The SMILES string of the molecule is CN(C)CC[C@H]1CN(c2nc3ccccc3s2)CCO1. The van der Waals surface area contributed by atoms with Gasteiger partial charge in [-0.1, -0.05) is 23.5 Å². The fraction of sp³-hybridized carbons (Fsp3) is 0.533. The van der Waals surface area contributed by atoms with Gasteiger partial charge in [-0.3, -0.25) is 0 Å². The van der Waals surface area contributed by atoms with Gasteiger partial charge in [0.25, 0.3) is 0 Å². The van der Waals surface area contributed by atoms with Gasteiger partial charge in [-0.25, -0.2) is 4.98 Å². The number of para-hydroxylation sites is 1. The van der Waals surface area contributed by atoms with Gasteiger partial charge in [-0.15, -0.1) is 0 Å². The lowest BCUT2D eigenvalue weighted by Gasteiger charge is -2.33. The molecule has 2 aromatic rings. The number of benzene rings is 1. The summed E-state index contributed by atoms with van der Waals surface area (Å²) in [6, 6.07) is 8.34. The van der Waals surface area contributed by atoms with Crippen LogP contribution in [0.25, 0.3) is 10.2 Å². The van der Waals surface area contributed by atoms with Gasteiger partial charge in [-0.05, 0) is 32.6 Å². The van der Waals surface area contributed by atoms with E-state index in [4.69, 9.17) is 9.72 Å². The number of nitrogens with zero attached hydrogens (tertiary/aromatic N) is 3. The van der Waals surface area contributed by atoms with E-state index < -0.39 is 0 Å². The van der Waals surface area contributed by atoms with E-state index in [0.717, 1.165) is 43.3 Å². The summed E-state index contributed by atoms with van der Waals surface area (Å²) in [7, 11) is 4.21. The summed E-state index contributed by atoms with van der Waals surface area (Å²) < 4.78 is 7.13. The van der Waals surface area contributed by atoms with Crippen molar-refractivity contribution in [2.24, 2.45) is 0 Å². The molecule has 1 saturated heterocycles. The van der Waals surface area contributed by atoms with E-state index >= 15 is 0 Å². The van der Waals surface area contributed by atoms with Crippen LogP contribution in [0.1, 0.15) is 6.42 Å². The summed E-state index contributed by atoms with van der Waals surface area (Å²) in [6.07, 6.45) is 1.40. The molecule has 108 valence electrons. The topological polar surface area (TPSA) is 28.6 Å². The lowest BCUT2D eigenvalue weighted by Crippen LogP contribution is -2.43. The van der Waals surface area contributed by atoms with Gasteiger partial charge in [0.15, 0.2) is 5.13 Å². The third-order valence-electron chi connectivity index (χ3n) is 3.59. The fourth-order valence-corrected chi connectivity index (χ4v) is 3.47. The van der Waals surface area contributed by atoms with E-state index in [-0.39, 0.29) is 0 Å². The van der Waals surface area contributed by atoms with Gasteiger partial charge in [0.05, 0.1) is 22.9 Å². The number of morpholine rings is 1. The Morgan fingerprint density at radius 3 is 3.05 bits per heavy atom. The Balaban J connectivity index is 1.69. The average Bonchev–Trinajstić information content (AvgIpc) is 2.89. The van der Waals surface area contributed by atoms with Gasteiger partial charge in [0, 0.05) is 19.6 Å². The van der Waals surface area contributed by atoms with Crippen LogP contribution >= 0.6 is 11.3 Å². The molecule has 1 aliphatic rings. The van der Waals surface area contributed by atoms with E-state index in [2.05, 4.69) is 42.1 Å². The molecule has 4 nitrogen and oxygen atoms in total. The third kappa shape index (κ3) is 3.11. The second-order valence-corrected chi connectivity index (χ2v) is 6.50. The molecule has 0 saturated carbocycles. The van der Waals surface area contributed by atoms with E-state index in [1.165, 1.54) is 4.70 Å². The standard InChI is InChI=1S/C15H21N3OS/c1-17(2)8-7-12-11-18(9-10-19-12)15-16-13-5-3-4-6-14(13)20-15/h3-6,12H,7-11H2,1-2H3/t12-/m0/s1. The van der Waals surface area contributed by atoms with E-state index in [1.54, 1.807) is 11.3 Å². The lowest BCUT2D eigenvalue weighted by molar-refractivity contribution is 0.0311. The maximum Gasteiger partial charge on any atom is 0.186 e. The molecule has 0 amide bonds. The van der Waals surface area contributed by atoms with Crippen molar-refractivity contribution >= 4 is 26.7 Å². The maximum atomic E-state index is 5.86. The zero-order valence-corrected chi connectivity index (χ0v) is 12.9. The van der Waals surface area contributed by atoms with Crippen LogP contribution in [0.3, 0.4) is 0 Å². The summed E-state index contributed by atoms with van der Waals surface area (Å²) >= 11 is 1.78. The Morgan fingerprint density at radius 2 is 2.25 bits per heavy atom. The van der Waals surface area contributed by atoms with Crippen LogP contribution < -0.4 is 4.90 Å². The summed E-state index contributed by atoms with van der Waals surface area (Å²) in [4.78, 5) is 9.32. The summed E-state index contributed by atoms with van der Waals surface area (Å²) in [6.45, 7) is 3.76.